The molecule has 2 aromatic rings. The van der Waals surface area contributed by atoms with Crippen LogP contribution >= 0.6 is 0 Å². The summed E-state index contributed by atoms with van der Waals surface area (Å²) in [5, 5.41) is 3.19. The molecule has 0 atom stereocenters. The molecule has 84 valence electrons. The van der Waals surface area contributed by atoms with Crippen LogP contribution in [0, 0.1) is 6.92 Å². The molecule has 5 heteroatoms. The molecule has 0 amide bonds. The Morgan fingerprint density at radius 3 is 3.00 bits per heavy atom. The number of nitrogen functional groups attached to an aromatic ring is 1. The van der Waals surface area contributed by atoms with E-state index in [1.807, 2.05) is 19.2 Å². The smallest absolute Gasteiger partial charge is 0.149 e. The lowest BCUT2D eigenvalue weighted by Crippen LogP contribution is -2.08. The summed E-state index contributed by atoms with van der Waals surface area (Å²) in [5.74, 6) is 0.741. The number of anilines is 2. The molecule has 2 rings (SSSR count). The zero-order valence-electron chi connectivity index (χ0n) is 9.20. The first-order chi connectivity index (χ1) is 7.75. The van der Waals surface area contributed by atoms with Gasteiger partial charge in [0, 0.05) is 31.1 Å². The maximum absolute atomic E-state index is 5.84. The molecular weight excluding hydrogens is 202 g/mol. The maximum atomic E-state index is 5.84. The van der Waals surface area contributed by atoms with Crippen LogP contribution in [0.4, 0.5) is 11.5 Å². The third kappa shape index (κ3) is 2.50. The molecule has 0 saturated heterocycles. The molecule has 0 aliphatic rings. The molecule has 0 radical (unpaired) electrons. The third-order valence-electron chi connectivity index (χ3n) is 2.30. The van der Waals surface area contributed by atoms with Crippen molar-refractivity contribution in [3.63, 3.8) is 0 Å². The van der Waals surface area contributed by atoms with Crippen LogP contribution in [0.5, 0.6) is 0 Å². The van der Waals surface area contributed by atoms with Gasteiger partial charge in [0.25, 0.3) is 0 Å². The quantitative estimate of drug-likeness (QED) is 0.722. The number of H-pyrrole nitrogens is 1. The normalized spacial score (nSPS) is 10.3. The van der Waals surface area contributed by atoms with E-state index in [4.69, 9.17) is 5.73 Å². The Balaban J connectivity index is 1.90. The van der Waals surface area contributed by atoms with Crippen molar-refractivity contribution in [2.45, 2.75) is 13.3 Å². The summed E-state index contributed by atoms with van der Waals surface area (Å²) in [7, 11) is 0. The summed E-state index contributed by atoms with van der Waals surface area (Å²) in [4.78, 5) is 11.2. The van der Waals surface area contributed by atoms with E-state index in [-0.39, 0.29) is 0 Å². The molecule has 0 spiro atoms. The SMILES string of the molecule is Cc1cnc(NCCc2cnc[nH]2)c(N)c1. The lowest BCUT2D eigenvalue weighted by Gasteiger charge is -2.07. The van der Waals surface area contributed by atoms with Gasteiger partial charge in [-0.2, -0.15) is 0 Å². The van der Waals surface area contributed by atoms with Crippen molar-refractivity contribution in [1.82, 2.24) is 15.0 Å². The number of nitrogens with zero attached hydrogens (tertiary/aromatic N) is 2. The first kappa shape index (κ1) is 10.5. The number of hydrogen-bond donors (Lipinski definition) is 3. The summed E-state index contributed by atoms with van der Waals surface area (Å²) in [6, 6.07) is 1.91. The van der Waals surface area contributed by atoms with Gasteiger partial charge in [0.05, 0.1) is 12.0 Å². The van der Waals surface area contributed by atoms with Crippen LogP contribution in [-0.2, 0) is 6.42 Å². The zero-order chi connectivity index (χ0) is 11.4. The van der Waals surface area contributed by atoms with E-state index in [9.17, 15) is 0 Å². The standard InChI is InChI=1S/C11H15N5/c1-8-4-10(12)11(15-5-8)14-3-2-9-6-13-7-16-9/h4-7H,2-3,12H2,1H3,(H,13,16)(H,14,15). The second-order valence-electron chi connectivity index (χ2n) is 3.70. The van der Waals surface area contributed by atoms with Gasteiger partial charge in [-0.25, -0.2) is 9.97 Å². The molecule has 0 bridgehead atoms. The third-order valence-corrected chi connectivity index (χ3v) is 2.30. The predicted molar refractivity (Wildman–Crippen MR) is 64.2 cm³/mol. The van der Waals surface area contributed by atoms with Crippen molar-refractivity contribution in [1.29, 1.82) is 0 Å². The molecule has 0 saturated carbocycles. The molecule has 0 aromatic carbocycles. The van der Waals surface area contributed by atoms with E-state index < -0.39 is 0 Å². The summed E-state index contributed by atoms with van der Waals surface area (Å²) in [6.07, 6.45) is 6.16. The number of aromatic amines is 1. The van der Waals surface area contributed by atoms with E-state index in [1.54, 1.807) is 12.5 Å². The number of nitrogens with one attached hydrogen (secondary N) is 2. The first-order valence-corrected chi connectivity index (χ1v) is 5.19. The maximum Gasteiger partial charge on any atom is 0.149 e. The topological polar surface area (TPSA) is 79.6 Å². The summed E-state index contributed by atoms with van der Waals surface area (Å²) >= 11 is 0. The number of hydrogen-bond acceptors (Lipinski definition) is 4. The monoisotopic (exact) mass is 217 g/mol. The Morgan fingerprint density at radius 2 is 2.31 bits per heavy atom. The molecule has 5 nitrogen and oxygen atoms in total. The molecule has 2 aromatic heterocycles. The van der Waals surface area contributed by atoms with Gasteiger partial charge in [-0.15, -0.1) is 0 Å². The van der Waals surface area contributed by atoms with Crippen LogP contribution in [0.3, 0.4) is 0 Å². The molecule has 0 fully saturated rings. The van der Waals surface area contributed by atoms with E-state index in [2.05, 4.69) is 20.3 Å². The van der Waals surface area contributed by atoms with Gasteiger partial charge in [0.15, 0.2) is 0 Å². The minimum absolute atomic E-state index is 0.685. The second kappa shape index (κ2) is 4.65. The van der Waals surface area contributed by atoms with E-state index in [0.29, 0.717) is 5.69 Å². The number of aryl methyl sites for hydroxylation is 1. The van der Waals surface area contributed by atoms with Crippen molar-refractivity contribution >= 4 is 11.5 Å². The van der Waals surface area contributed by atoms with Gasteiger partial charge >= 0.3 is 0 Å². The van der Waals surface area contributed by atoms with E-state index in [0.717, 1.165) is 30.0 Å². The van der Waals surface area contributed by atoms with Crippen molar-refractivity contribution in [2.24, 2.45) is 0 Å². The lowest BCUT2D eigenvalue weighted by molar-refractivity contribution is 0.968. The molecule has 16 heavy (non-hydrogen) atoms. The first-order valence-electron chi connectivity index (χ1n) is 5.19. The summed E-state index contributed by atoms with van der Waals surface area (Å²) in [6.45, 7) is 2.75. The van der Waals surface area contributed by atoms with E-state index >= 15 is 0 Å². The van der Waals surface area contributed by atoms with Crippen LogP contribution in [0.15, 0.2) is 24.8 Å². The second-order valence-corrected chi connectivity index (χ2v) is 3.70. The van der Waals surface area contributed by atoms with Gasteiger partial charge in [-0.05, 0) is 18.6 Å². The van der Waals surface area contributed by atoms with Crippen molar-refractivity contribution < 1.29 is 0 Å². The number of pyridine rings is 1. The largest absolute Gasteiger partial charge is 0.396 e. The molecule has 0 unspecified atom stereocenters. The molecular formula is C11H15N5. The van der Waals surface area contributed by atoms with Crippen LogP contribution in [0.25, 0.3) is 0 Å². The number of aromatic nitrogens is 3. The Hall–Kier alpha value is -2.04. The summed E-state index contributed by atoms with van der Waals surface area (Å²) < 4.78 is 0. The zero-order valence-corrected chi connectivity index (χ0v) is 9.20. The highest BCUT2D eigenvalue weighted by Crippen LogP contribution is 2.15. The van der Waals surface area contributed by atoms with Gasteiger partial charge in [-0.1, -0.05) is 0 Å². The molecule has 0 aliphatic heterocycles. The Morgan fingerprint density at radius 1 is 1.44 bits per heavy atom. The van der Waals surface area contributed by atoms with Crippen LogP contribution in [0.1, 0.15) is 11.3 Å². The van der Waals surface area contributed by atoms with Crippen LogP contribution in [-0.4, -0.2) is 21.5 Å². The fourth-order valence-electron chi connectivity index (χ4n) is 1.48. The number of nitrogens with two attached hydrogens (primary N) is 1. The van der Waals surface area contributed by atoms with E-state index in [1.165, 1.54) is 0 Å². The Bertz CT molecular complexity index is 449. The van der Waals surface area contributed by atoms with Gasteiger partial charge in [0.2, 0.25) is 0 Å². The van der Waals surface area contributed by atoms with Gasteiger partial charge in [-0.3, -0.25) is 0 Å². The minimum Gasteiger partial charge on any atom is -0.396 e. The number of rotatable bonds is 4. The Labute approximate surface area is 94.1 Å². The average molecular weight is 217 g/mol. The summed E-state index contributed by atoms with van der Waals surface area (Å²) in [5.41, 5.74) is 8.68. The minimum atomic E-state index is 0.685. The van der Waals surface area contributed by atoms with Gasteiger partial charge in [0.1, 0.15) is 5.82 Å². The predicted octanol–water partition coefficient (Wildman–Crippen LogP) is 1.35. The van der Waals surface area contributed by atoms with Crippen molar-refractivity contribution in [3.05, 3.63) is 36.0 Å². The highest BCUT2D eigenvalue weighted by Gasteiger charge is 2.00. The lowest BCUT2D eigenvalue weighted by atomic mass is 10.3. The number of imidazole rings is 1. The Kier molecular flexibility index (Phi) is 3.05. The van der Waals surface area contributed by atoms with Crippen molar-refractivity contribution in [2.75, 3.05) is 17.6 Å². The highest BCUT2D eigenvalue weighted by atomic mass is 15.0. The average Bonchev–Trinajstić information content (AvgIpc) is 2.74. The fraction of sp³-hybridized carbons (Fsp3) is 0.273. The van der Waals surface area contributed by atoms with Crippen LogP contribution < -0.4 is 11.1 Å². The molecule has 4 N–H and O–H groups in total. The van der Waals surface area contributed by atoms with Gasteiger partial charge < -0.3 is 16.0 Å². The highest BCUT2D eigenvalue weighted by molar-refractivity contribution is 5.61. The van der Waals surface area contributed by atoms with Crippen molar-refractivity contribution in [3.8, 4) is 0 Å². The molecule has 2 heterocycles. The van der Waals surface area contributed by atoms with Crippen LogP contribution in [0.2, 0.25) is 0 Å². The fourth-order valence-corrected chi connectivity index (χ4v) is 1.48. The molecule has 0 aliphatic carbocycles.